The summed E-state index contributed by atoms with van der Waals surface area (Å²) in [4.78, 5) is 8.00. The number of aromatic nitrogens is 2. The van der Waals surface area contributed by atoms with E-state index in [0.29, 0.717) is 17.1 Å². The monoisotopic (exact) mass is 222 g/mol. The maximum Gasteiger partial charge on any atom is 0.205 e. The Morgan fingerprint density at radius 1 is 1.18 bits per heavy atom. The molecule has 4 heteroatoms. The topological polar surface area (TPSA) is 75.7 Å². The van der Waals surface area contributed by atoms with Crippen LogP contribution in [-0.4, -0.2) is 16.2 Å². The summed E-state index contributed by atoms with van der Waals surface area (Å²) in [6.45, 7) is 0. The van der Waals surface area contributed by atoms with Crippen LogP contribution in [0.1, 0.15) is 17.0 Å². The second kappa shape index (κ2) is 4.90. The lowest BCUT2D eigenvalue weighted by Gasteiger charge is -1.98. The molecule has 0 unspecified atom stereocenters. The fourth-order valence-electron chi connectivity index (χ4n) is 1.27. The Bertz CT molecular complexity index is 594. The van der Waals surface area contributed by atoms with Gasteiger partial charge in [0.15, 0.2) is 0 Å². The van der Waals surface area contributed by atoms with Gasteiger partial charge in [0.2, 0.25) is 5.82 Å². The summed E-state index contributed by atoms with van der Waals surface area (Å²) in [5.41, 5.74) is 7.69. The van der Waals surface area contributed by atoms with Gasteiger partial charge in [-0.25, -0.2) is 9.97 Å². The summed E-state index contributed by atoms with van der Waals surface area (Å²) in [7, 11) is 0. The van der Waals surface area contributed by atoms with Crippen molar-refractivity contribution in [2.24, 2.45) is 0 Å². The maximum absolute atomic E-state index is 7.20. The van der Waals surface area contributed by atoms with E-state index in [1.807, 2.05) is 0 Å². The summed E-state index contributed by atoms with van der Waals surface area (Å²) in [6, 6.07) is 7.04. The van der Waals surface area contributed by atoms with Crippen LogP contribution in [0.25, 0.3) is 0 Å². The molecule has 3 N–H and O–H groups in total. The zero-order valence-corrected chi connectivity index (χ0v) is 9.01. The minimum atomic E-state index is 0.473. The van der Waals surface area contributed by atoms with Crippen molar-refractivity contribution < 1.29 is 0 Å². The van der Waals surface area contributed by atoms with Crippen molar-refractivity contribution in [2.75, 3.05) is 5.73 Å². The Kier molecular flexibility index (Phi) is 3.13. The van der Waals surface area contributed by atoms with Crippen LogP contribution in [0.5, 0.6) is 0 Å². The van der Waals surface area contributed by atoms with Crippen molar-refractivity contribution in [3.8, 4) is 11.8 Å². The van der Waals surface area contributed by atoms with Crippen LogP contribution < -0.4 is 5.73 Å². The Morgan fingerprint density at radius 3 is 2.65 bits per heavy atom. The fourth-order valence-corrected chi connectivity index (χ4v) is 1.27. The van der Waals surface area contributed by atoms with E-state index >= 15 is 0 Å². The highest BCUT2D eigenvalue weighted by atomic mass is 14.8. The molecule has 0 radical (unpaired) electrons. The molecule has 0 saturated carbocycles. The lowest BCUT2D eigenvalue weighted by Crippen LogP contribution is -1.93. The highest BCUT2D eigenvalue weighted by molar-refractivity contribution is 5.85. The Balaban J connectivity index is 2.31. The molecule has 0 spiro atoms. The van der Waals surface area contributed by atoms with E-state index in [1.165, 1.54) is 6.21 Å². The van der Waals surface area contributed by atoms with E-state index in [1.54, 1.807) is 36.7 Å². The van der Waals surface area contributed by atoms with Crippen LogP contribution in [0.15, 0.2) is 36.7 Å². The van der Waals surface area contributed by atoms with Gasteiger partial charge in [0.25, 0.3) is 0 Å². The third-order valence-corrected chi connectivity index (χ3v) is 2.13. The summed E-state index contributed by atoms with van der Waals surface area (Å²) < 4.78 is 0. The van der Waals surface area contributed by atoms with E-state index in [9.17, 15) is 0 Å². The number of rotatable bonds is 1. The van der Waals surface area contributed by atoms with Crippen molar-refractivity contribution in [2.45, 2.75) is 0 Å². The second-order valence-electron chi connectivity index (χ2n) is 3.31. The average molecular weight is 222 g/mol. The molecule has 0 fully saturated rings. The van der Waals surface area contributed by atoms with E-state index in [2.05, 4.69) is 21.8 Å². The Hall–Kier alpha value is -2.67. The number of nitrogens with two attached hydrogens (primary N) is 1. The molecule has 4 nitrogen and oxygen atoms in total. The van der Waals surface area contributed by atoms with Gasteiger partial charge in [0.1, 0.15) is 0 Å². The predicted molar refractivity (Wildman–Crippen MR) is 66.8 cm³/mol. The quantitative estimate of drug-likeness (QED) is 0.435. The average Bonchev–Trinajstić information content (AvgIpc) is 2.39. The van der Waals surface area contributed by atoms with E-state index in [0.717, 1.165) is 5.56 Å². The fraction of sp³-hybridized carbons (Fsp3) is 0. The number of nitrogens with one attached hydrogen (secondary N) is 1. The predicted octanol–water partition coefficient (Wildman–Crippen LogP) is 1.46. The minimum Gasteiger partial charge on any atom is -0.398 e. The maximum atomic E-state index is 7.20. The lowest BCUT2D eigenvalue weighted by atomic mass is 10.1. The number of anilines is 1. The highest BCUT2D eigenvalue weighted by Gasteiger charge is 1.96. The van der Waals surface area contributed by atoms with Crippen molar-refractivity contribution in [3.05, 3.63) is 53.6 Å². The Labute approximate surface area is 99.0 Å². The van der Waals surface area contributed by atoms with Gasteiger partial charge in [-0.1, -0.05) is 5.92 Å². The number of hydrogen-bond acceptors (Lipinski definition) is 4. The number of hydrogen-bond donors (Lipinski definition) is 2. The third-order valence-electron chi connectivity index (χ3n) is 2.13. The highest BCUT2D eigenvalue weighted by Crippen LogP contribution is 2.11. The first-order chi connectivity index (χ1) is 8.29. The van der Waals surface area contributed by atoms with Crippen LogP contribution in [0, 0.1) is 17.3 Å². The molecular weight excluding hydrogens is 212 g/mol. The van der Waals surface area contributed by atoms with Crippen LogP contribution in [0.4, 0.5) is 5.69 Å². The van der Waals surface area contributed by atoms with Gasteiger partial charge in [-0.3, -0.25) is 0 Å². The molecule has 0 aliphatic heterocycles. The van der Waals surface area contributed by atoms with Gasteiger partial charge in [-0.15, -0.1) is 0 Å². The molecule has 0 amide bonds. The SMILES string of the molecule is N=Cc1cc(C#Cc2ncccn2)ccc1N. The molecule has 0 saturated heterocycles. The van der Waals surface area contributed by atoms with Crippen molar-refractivity contribution in [1.29, 1.82) is 5.41 Å². The van der Waals surface area contributed by atoms with Crippen LogP contribution in [0.3, 0.4) is 0 Å². The first-order valence-electron chi connectivity index (χ1n) is 4.98. The zero-order chi connectivity index (χ0) is 12.1. The van der Waals surface area contributed by atoms with Gasteiger partial charge in [0.05, 0.1) is 0 Å². The van der Waals surface area contributed by atoms with E-state index < -0.39 is 0 Å². The van der Waals surface area contributed by atoms with Gasteiger partial charge in [0, 0.05) is 35.4 Å². The Morgan fingerprint density at radius 2 is 1.94 bits per heavy atom. The van der Waals surface area contributed by atoms with E-state index in [4.69, 9.17) is 11.1 Å². The standard InChI is InChI=1S/C13H10N4/c14-9-11-8-10(2-4-12(11)15)3-5-13-16-6-1-7-17-13/h1-2,4,6-9,14H,15H2. The molecule has 82 valence electrons. The van der Waals surface area contributed by atoms with Crippen LogP contribution in [-0.2, 0) is 0 Å². The molecule has 1 heterocycles. The first kappa shape index (κ1) is 10.8. The van der Waals surface area contributed by atoms with Crippen molar-refractivity contribution in [3.63, 3.8) is 0 Å². The smallest absolute Gasteiger partial charge is 0.205 e. The molecule has 0 aliphatic rings. The van der Waals surface area contributed by atoms with Crippen molar-refractivity contribution >= 4 is 11.9 Å². The summed E-state index contributed by atoms with van der Waals surface area (Å²) in [6.07, 6.45) is 4.49. The number of nitrogen functional groups attached to an aromatic ring is 1. The molecule has 1 aromatic heterocycles. The van der Waals surface area contributed by atoms with Crippen molar-refractivity contribution in [1.82, 2.24) is 9.97 Å². The normalized spacial score (nSPS) is 9.18. The second-order valence-corrected chi connectivity index (χ2v) is 3.31. The molecule has 1 aromatic carbocycles. The summed E-state index contributed by atoms with van der Waals surface area (Å²) >= 11 is 0. The first-order valence-corrected chi connectivity index (χ1v) is 4.98. The molecule has 0 atom stereocenters. The molecule has 2 aromatic rings. The third kappa shape index (κ3) is 2.67. The molecule has 17 heavy (non-hydrogen) atoms. The zero-order valence-electron chi connectivity index (χ0n) is 9.01. The van der Waals surface area contributed by atoms with Gasteiger partial charge >= 0.3 is 0 Å². The molecule has 0 aliphatic carbocycles. The molecule has 0 bridgehead atoms. The minimum absolute atomic E-state index is 0.473. The molecule has 2 rings (SSSR count). The number of nitrogens with zero attached hydrogens (tertiary/aromatic N) is 2. The van der Waals surface area contributed by atoms with Gasteiger partial charge in [-0.2, -0.15) is 0 Å². The summed E-state index contributed by atoms with van der Waals surface area (Å²) in [5.74, 6) is 6.25. The molecular formula is C13H10N4. The lowest BCUT2D eigenvalue weighted by molar-refractivity contribution is 1.13. The van der Waals surface area contributed by atoms with Crippen LogP contribution >= 0.6 is 0 Å². The summed E-state index contributed by atoms with van der Waals surface area (Å²) in [5, 5.41) is 7.20. The largest absolute Gasteiger partial charge is 0.398 e. The van der Waals surface area contributed by atoms with Gasteiger partial charge < -0.3 is 11.1 Å². The van der Waals surface area contributed by atoms with Crippen LogP contribution in [0.2, 0.25) is 0 Å². The van der Waals surface area contributed by atoms with Gasteiger partial charge in [-0.05, 0) is 30.2 Å². The number of benzene rings is 1. The van der Waals surface area contributed by atoms with E-state index in [-0.39, 0.29) is 0 Å².